The molecule has 1 aliphatic carbocycles. The summed E-state index contributed by atoms with van der Waals surface area (Å²) in [6.07, 6.45) is 6.68. The summed E-state index contributed by atoms with van der Waals surface area (Å²) in [6, 6.07) is 2.04. The van der Waals surface area contributed by atoms with E-state index in [2.05, 4.69) is 20.2 Å². The lowest BCUT2D eigenvalue weighted by Crippen LogP contribution is -2.01. The van der Waals surface area contributed by atoms with Gasteiger partial charge in [-0.25, -0.2) is 4.98 Å². The van der Waals surface area contributed by atoms with Crippen LogP contribution in [-0.4, -0.2) is 20.2 Å². The van der Waals surface area contributed by atoms with Crippen LogP contribution in [0, 0.1) is 0 Å². The third kappa shape index (κ3) is 1.90. The highest BCUT2D eigenvalue weighted by Gasteiger charge is 2.20. The van der Waals surface area contributed by atoms with Crippen molar-refractivity contribution in [3.05, 3.63) is 18.0 Å². The first-order chi connectivity index (χ1) is 8.74. The van der Waals surface area contributed by atoms with Crippen LogP contribution in [0.3, 0.4) is 0 Å². The molecule has 1 saturated carbocycles. The molecular formula is C12H16N6. The summed E-state index contributed by atoms with van der Waals surface area (Å²) in [5.74, 6) is 1.15. The number of aromatic nitrogens is 4. The largest absolute Gasteiger partial charge is 0.383 e. The van der Waals surface area contributed by atoms with Crippen LogP contribution in [0.15, 0.2) is 12.3 Å². The zero-order valence-corrected chi connectivity index (χ0v) is 10.1. The van der Waals surface area contributed by atoms with Gasteiger partial charge in [0.15, 0.2) is 0 Å². The maximum Gasteiger partial charge on any atom is 0.221 e. The van der Waals surface area contributed by atoms with Gasteiger partial charge in [-0.05, 0) is 18.9 Å². The average molecular weight is 244 g/mol. The highest BCUT2D eigenvalue weighted by molar-refractivity contribution is 5.70. The Kier molecular flexibility index (Phi) is 2.62. The van der Waals surface area contributed by atoms with Gasteiger partial charge in [0.25, 0.3) is 0 Å². The minimum absolute atomic E-state index is 0.183. The zero-order chi connectivity index (χ0) is 12.5. The lowest BCUT2D eigenvalue weighted by molar-refractivity contribution is 0.693. The van der Waals surface area contributed by atoms with Crippen molar-refractivity contribution in [1.29, 1.82) is 0 Å². The molecule has 0 amide bonds. The van der Waals surface area contributed by atoms with Gasteiger partial charge in [-0.15, -0.1) is 0 Å². The molecule has 2 aromatic heterocycles. The van der Waals surface area contributed by atoms with E-state index in [1.165, 1.54) is 31.4 Å². The Hall–Kier alpha value is -2.11. The van der Waals surface area contributed by atoms with E-state index in [0.717, 1.165) is 11.3 Å². The average Bonchev–Trinajstić information content (AvgIpc) is 2.99. The summed E-state index contributed by atoms with van der Waals surface area (Å²) < 4.78 is 0. The minimum atomic E-state index is 0.183. The minimum Gasteiger partial charge on any atom is -0.383 e. The first-order valence-electron chi connectivity index (χ1n) is 6.17. The van der Waals surface area contributed by atoms with Crippen LogP contribution < -0.4 is 11.5 Å². The molecular weight excluding hydrogens is 228 g/mol. The fourth-order valence-corrected chi connectivity index (χ4v) is 2.53. The van der Waals surface area contributed by atoms with Crippen molar-refractivity contribution in [2.24, 2.45) is 0 Å². The van der Waals surface area contributed by atoms with E-state index in [4.69, 9.17) is 11.5 Å². The van der Waals surface area contributed by atoms with Crippen molar-refractivity contribution in [3.63, 3.8) is 0 Å². The number of nitrogens with zero attached hydrogens (tertiary/aromatic N) is 3. The van der Waals surface area contributed by atoms with Gasteiger partial charge in [0.2, 0.25) is 5.95 Å². The molecule has 5 N–H and O–H groups in total. The van der Waals surface area contributed by atoms with Crippen molar-refractivity contribution in [2.75, 3.05) is 11.5 Å². The molecule has 94 valence electrons. The standard InChI is InChI=1S/C12H16N6/c13-11-8(6-15-12(14)16-11)10-5-9(17-18-10)7-3-1-2-4-7/h5-7H,1-4H2,(H,17,18)(H4,13,14,15,16). The van der Waals surface area contributed by atoms with E-state index < -0.39 is 0 Å². The summed E-state index contributed by atoms with van der Waals surface area (Å²) >= 11 is 0. The molecule has 1 fully saturated rings. The zero-order valence-electron chi connectivity index (χ0n) is 10.1. The molecule has 0 saturated heterocycles. The number of H-pyrrole nitrogens is 1. The van der Waals surface area contributed by atoms with E-state index in [-0.39, 0.29) is 5.95 Å². The third-order valence-corrected chi connectivity index (χ3v) is 3.51. The van der Waals surface area contributed by atoms with Gasteiger partial charge in [-0.1, -0.05) is 12.8 Å². The third-order valence-electron chi connectivity index (χ3n) is 3.51. The van der Waals surface area contributed by atoms with Gasteiger partial charge in [0.05, 0.1) is 11.3 Å². The number of nitrogens with two attached hydrogens (primary N) is 2. The fraction of sp³-hybridized carbons (Fsp3) is 0.417. The molecule has 0 atom stereocenters. The van der Waals surface area contributed by atoms with Crippen LogP contribution >= 0.6 is 0 Å². The predicted molar refractivity (Wildman–Crippen MR) is 69.6 cm³/mol. The van der Waals surface area contributed by atoms with Crippen LogP contribution in [0.1, 0.15) is 37.3 Å². The lowest BCUT2D eigenvalue weighted by Gasteiger charge is -2.03. The smallest absolute Gasteiger partial charge is 0.221 e. The predicted octanol–water partition coefficient (Wildman–Crippen LogP) is 1.69. The molecule has 0 spiro atoms. The molecule has 0 bridgehead atoms. The molecule has 0 unspecified atom stereocenters. The van der Waals surface area contributed by atoms with Crippen LogP contribution in [0.25, 0.3) is 11.3 Å². The summed E-state index contributed by atoms with van der Waals surface area (Å²) in [4.78, 5) is 7.90. The molecule has 0 aromatic carbocycles. The van der Waals surface area contributed by atoms with Crippen LogP contribution in [0.2, 0.25) is 0 Å². The molecule has 6 nitrogen and oxygen atoms in total. The second-order valence-electron chi connectivity index (χ2n) is 4.72. The van der Waals surface area contributed by atoms with E-state index in [1.54, 1.807) is 6.20 Å². The number of hydrogen-bond acceptors (Lipinski definition) is 5. The summed E-state index contributed by atoms with van der Waals surface area (Å²) in [6.45, 7) is 0. The van der Waals surface area contributed by atoms with Gasteiger partial charge in [-0.3, -0.25) is 5.10 Å². The summed E-state index contributed by atoms with van der Waals surface area (Å²) in [7, 11) is 0. The number of rotatable bonds is 2. The normalized spacial score (nSPS) is 16.2. The van der Waals surface area contributed by atoms with Crippen molar-refractivity contribution >= 4 is 11.8 Å². The highest BCUT2D eigenvalue weighted by atomic mass is 15.1. The van der Waals surface area contributed by atoms with Gasteiger partial charge >= 0.3 is 0 Å². The molecule has 1 aliphatic rings. The van der Waals surface area contributed by atoms with Crippen LogP contribution in [0.4, 0.5) is 11.8 Å². The summed E-state index contributed by atoms with van der Waals surface area (Å²) in [5.41, 5.74) is 14.0. The molecule has 2 aromatic rings. The van der Waals surface area contributed by atoms with E-state index in [9.17, 15) is 0 Å². The molecule has 2 heterocycles. The number of anilines is 2. The molecule has 18 heavy (non-hydrogen) atoms. The van der Waals surface area contributed by atoms with Crippen molar-refractivity contribution in [3.8, 4) is 11.3 Å². The van der Waals surface area contributed by atoms with Crippen molar-refractivity contribution in [1.82, 2.24) is 20.2 Å². The molecule has 0 aliphatic heterocycles. The second kappa shape index (κ2) is 4.29. The molecule has 0 radical (unpaired) electrons. The second-order valence-corrected chi connectivity index (χ2v) is 4.72. The SMILES string of the molecule is Nc1ncc(-c2cc(C3CCCC3)[nH]n2)c(N)n1. The van der Waals surface area contributed by atoms with Crippen molar-refractivity contribution < 1.29 is 0 Å². The van der Waals surface area contributed by atoms with Crippen molar-refractivity contribution in [2.45, 2.75) is 31.6 Å². The Bertz CT molecular complexity index is 555. The number of aromatic amines is 1. The Morgan fingerprint density at radius 3 is 2.72 bits per heavy atom. The first-order valence-corrected chi connectivity index (χ1v) is 6.17. The first kappa shape index (κ1) is 11.0. The number of nitrogens with one attached hydrogen (secondary N) is 1. The Labute approximate surface area is 105 Å². The quantitative estimate of drug-likeness (QED) is 0.745. The monoisotopic (exact) mass is 244 g/mol. The van der Waals surface area contributed by atoms with E-state index in [1.807, 2.05) is 6.07 Å². The lowest BCUT2D eigenvalue weighted by atomic mass is 10.0. The Morgan fingerprint density at radius 2 is 2.00 bits per heavy atom. The molecule has 6 heteroatoms. The molecule has 3 rings (SSSR count). The highest BCUT2D eigenvalue weighted by Crippen LogP contribution is 2.34. The van der Waals surface area contributed by atoms with Gasteiger partial charge in [0, 0.05) is 17.8 Å². The van der Waals surface area contributed by atoms with Crippen LogP contribution in [0.5, 0.6) is 0 Å². The van der Waals surface area contributed by atoms with E-state index in [0.29, 0.717) is 11.7 Å². The van der Waals surface area contributed by atoms with Gasteiger partial charge in [0.1, 0.15) is 5.82 Å². The number of nitrogen functional groups attached to an aromatic ring is 2. The van der Waals surface area contributed by atoms with Crippen LogP contribution in [-0.2, 0) is 0 Å². The summed E-state index contributed by atoms with van der Waals surface area (Å²) in [5, 5.41) is 7.39. The van der Waals surface area contributed by atoms with Gasteiger partial charge in [-0.2, -0.15) is 10.1 Å². The Balaban J connectivity index is 1.92. The topological polar surface area (TPSA) is 106 Å². The fourth-order valence-electron chi connectivity index (χ4n) is 2.53. The Morgan fingerprint density at radius 1 is 1.22 bits per heavy atom. The van der Waals surface area contributed by atoms with Gasteiger partial charge < -0.3 is 11.5 Å². The number of hydrogen-bond donors (Lipinski definition) is 3. The maximum atomic E-state index is 5.83. The maximum absolute atomic E-state index is 5.83. The van der Waals surface area contributed by atoms with E-state index >= 15 is 0 Å².